The third kappa shape index (κ3) is 33.7. The van der Waals surface area contributed by atoms with Gasteiger partial charge >= 0.3 is 0 Å². The van der Waals surface area contributed by atoms with Crippen molar-refractivity contribution in [2.75, 3.05) is 0 Å². The molecule has 0 nitrogen and oxygen atoms in total. The van der Waals surface area contributed by atoms with Gasteiger partial charge in [-0.2, -0.15) is 0 Å². The molecular formula is C36H71. The highest BCUT2D eigenvalue weighted by molar-refractivity contribution is 4.81. The lowest BCUT2D eigenvalue weighted by atomic mass is 10.0. The Bertz CT molecular complexity index is 381. The van der Waals surface area contributed by atoms with Crippen molar-refractivity contribution in [3.63, 3.8) is 0 Å². The predicted molar refractivity (Wildman–Crippen MR) is 168 cm³/mol. The molecule has 0 bridgehead atoms. The van der Waals surface area contributed by atoms with E-state index in [4.69, 9.17) is 0 Å². The first-order valence-corrected chi connectivity index (χ1v) is 17.4. The SMILES string of the molecule is CCCCCCCC/C=C\CCCCCCC[CH]CCCCCCCCCCCCCCCCCC. The van der Waals surface area contributed by atoms with Crippen LogP contribution in [0.15, 0.2) is 12.2 Å². The van der Waals surface area contributed by atoms with Gasteiger partial charge in [-0.05, 0) is 32.1 Å². The number of allylic oxidation sites excluding steroid dienone is 2. The third-order valence-electron chi connectivity index (χ3n) is 7.93. The highest BCUT2D eigenvalue weighted by Gasteiger charge is 1.96. The summed E-state index contributed by atoms with van der Waals surface area (Å²) in [5.74, 6) is 0. The normalized spacial score (nSPS) is 11.7. The van der Waals surface area contributed by atoms with Crippen molar-refractivity contribution in [2.24, 2.45) is 0 Å². The van der Waals surface area contributed by atoms with Crippen LogP contribution < -0.4 is 0 Å². The Morgan fingerprint density at radius 1 is 0.250 bits per heavy atom. The highest BCUT2D eigenvalue weighted by atomic mass is 14.0. The smallest absolute Gasteiger partial charge is 0.0351 e. The van der Waals surface area contributed by atoms with E-state index < -0.39 is 0 Å². The van der Waals surface area contributed by atoms with E-state index in [1.54, 1.807) is 0 Å². The molecule has 0 aromatic heterocycles. The molecule has 0 aliphatic heterocycles. The van der Waals surface area contributed by atoms with Gasteiger partial charge in [0.25, 0.3) is 0 Å². The van der Waals surface area contributed by atoms with Crippen LogP contribution in [0.25, 0.3) is 0 Å². The van der Waals surface area contributed by atoms with Gasteiger partial charge in [-0.3, -0.25) is 0 Å². The van der Waals surface area contributed by atoms with Gasteiger partial charge in [-0.1, -0.05) is 199 Å². The fraction of sp³-hybridized carbons (Fsp3) is 0.917. The Hall–Kier alpha value is -0.260. The molecule has 0 aromatic rings. The predicted octanol–water partition coefficient (Wildman–Crippen LogP) is 13.9. The van der Waals surface area contributed by atoms with Crippen molar-refractivity contribution < 1.29 is 0 Å². The molecule has 0 spiro atoms. The lowest BCUT2D eigenvalue weighted by Gasteiger charge is -2.04. The van der Waals surface area contributed by atoms with E-state index >= 15 is 0 Å². The van der Waals surface area contributed by atoms with Crippen LogP contribution in [0.3, 0.4) is 0 Å². The summed E-state index contributed by atoms with van der Waals surface area (Å²) in [4.78, 5) is 0. The zero-order chi connectivity index (χ0) is 26.0. The Balaban J connectivity index is 3.05. The van der Waals surface area contributed by atoms with Gasteiger partial charge in [0.15, 0.2) is 0 Å². The summed E-state index contributed by atoms with van der Waals surface area (Å²) in [5, 5.41) is 0. The van der Waals surface area contributed by atoms with Crippen LogP contribution in [0.2, 0.25) is 0 Å². The standard InChI is InChI=1S/C36H71/c1-3-5-7-9-11-13-15-17-19-21-23-25-27-29-31-33-35-36-34-32-30-28-26-24-22-20-18-16-14-12-10-8-6-4-2/h17,19,35H,3-16,18,20-34,36H2,1-2H3/b19-17-. The van der Waals surface area contributed by atoms with Crippen LogP contribution in [0.5, 0.6) is 0 Å². The van der Waals surface area contributed by atoms with E-state index in [-0.39, 0.29) is 0 Å². The largest absolute Gasteiger partial charge is 0.0885 e. The highest BCUT2D eigenvalue weighted by Crippen LogP contribution is 2.15. The molecular weight excluding hydrogens is 432 g/mol. The molecule has 0 aliphatic carbocycles. The molecule has 0 fully saturated rings. The monoisotopic (exact) mass is 504 g/mol. The number of rotatable bonds is 32. The lowest BCUT2D eigenvalue weighted by Crippen LogP contribution is -1.85. The molecule has 0 unspecified atom stereocenters. The van der Waals surface area contributed by atoms with Crippen molar-refractivity contribution in [1.82, 2.24) is 0 Å². The van der Waals surface area contributed by atoms with Crippen LogP contribution in [0, 0.1) is 6.42 Å². The Morgan fingerprint density at radius 2 is 0.472 bits per heavy atom. The van der Waals surface area contributed by atoms with Crippen LogP contribution in [0.1, 0.15) is 213 Å². The molecule has 0 saturated heterocycles. The molecule has 0 aliphatic rings. The fourth-order valence-electron chi connectivity index (χ4n) is 5.34. The molecule has 215 valence electrons. The van der Waals surface area contributed by atoms with Crippen molar-refractivity contribution in [1.29, 1.82) is 0 Å². The van der Waals surface area contributed by atoms with Crippen LogP contribution in [0.4, 0.5) is 0 Å². The summed E-state index contributed by atoms with van der Waals surface area (Å²) in [6.07, 6.45) is 51.9. The van der Waals surface area contributed by atoms with Crippen LogP contribution >= 0.6 is 0 Å². The third-order valence-corrected chi connectivity index (χ3v) is 7.93. The van der Waals surface area contributed by atoms with E-state index in [9.17, 15) is 0 Å². The van der Waals surface area contributed by atoms with Crippen LogP contribution in [-0.2, 0) is 0 Å². The maximum atomic E-state index is 2.58. The number of hydrogen-bond acceptors (Lipinski definition) is 0. The van der Waals surface area contributed by atoms with E-state index in [1.165, 1.54) is 199 Å². The molecule has 0 amide bonds. The number of unbranched alkanes of at least 4 members (excludes halogenated alkanes) is 30. The summed E-state index contributed by atoms with van der Waals surface area (Å²) < 4.78 is 0. The molecule has 0 atom stereocenters. The van der Waals surface area contributed by atoms with Crippen LogP contribution in [-0.4, -0.2) is 0 Å². The fourth-order valence-corrected chi connectivity index (χ4v) is 5.34. The van der Waals surface area contributed by atoms with E-state index in [1.807, 2.05) is 0 Å². The van der Waals surface area contributed by atoms with Crippen molar-refractivity contribution in [2.45, 2.75) is 213 Å². The van der Waals surface area contributed by atoms with Gasteiger partial charge in [0.1, 0.15) is 0 Å². The second-order valence-electron chi connectivity index (χ2n) is 11.8. The minimum Gasteiger partial charge on any atom is -0.0885 e. The minimum atomic E-state index is 1.31. The number of hydrogen-bond donors (Lipinski definition) is 0. The molecule has 0 heterocycles. The Kier molecular flexibility index (Phi) is 34.5. The van der Waals surface area contributed by atoms with Crippen molar-refractivity contribution >= 4 is 0 Å². The lowest BCUT2D eigenvalue weighted by molar-refractivity contribution is 0.528. The Labute approximate surface area is 231 Å². The zero-order valence-corrected chi connectivity index (χ0v) is 25.7. The van der Waals surface area contributed by atoms with Gasteiger partial charge in [0.05, 0.1) is 0 Å². The maximum absolute atomic E-state index is 2.58. The topological polar surface area (TPSA) is 0 Å². The molecule has 0 saturated carbocycles. The van der Waals surface area contributed by atoms with Crippen molar-refractivity contribution in [3.05, 3.63) is 18.6 Å². The van der Waals surface area contributed by atoms with Gasteiger partial charge < -0.3 is 0 Å². The van der Waals surface area contributed by atoms with Crippen molar-refractivity contribution in [3.8, 4) is 0 Å². The molecule has 1 radical (unpaired) electrons. The van der Waals surface area contributed by atoms with E-state index in [2.05, 4.69) is 32.4 Å². The second kappa shape index (κ2) is 34.7. The summed E-state index contributed by atoms with van der Waals surface area (Å²) in [5.41, 5.74) is 0. The van der Waals surface area contributed by atoms with E-state index in [0.717, 1.165) is 0 Å². The van der Waals surface area contributed by atoms with Gasteiger partial charge in [-0.15, -0.1) is 0 Å². The first-order valence-electron chi connectivity index (χ1n) is 17.4. The molecule has 36 heavy (non-hydrogen) atoms. The molecule has 0 rings (SSSR count). The molecule has 0 aromatic carbocycles. The average molecular weight is 504 g/mol. The second-order valence-corrected chi connectivity index (χ2v) is 11.8. The average Bonchev–Trinajstić information content (AvgIpc) is 2.89. The summed E-state index contributed by atoms with van der Waals surface area (Å²) in [6.45, 7) is 4.60. The summed E-state index contributed by atoms with van der Waals surface area (Å²) in [7, 11) is 0. The molecule has 0 N–H and O–H groups in total. The van der Waals surface area contributed by atoms with E-state index in [0.29, 0.717) is 0 Å². The summed E-state index contributed by atoms with van der Waals surface area (Å²) in [6, 6.07) is 0. The summed E-state index contributed by atoms with van der Waals surface area (Å²) >= 11 is 0. The van der Waals surface area contributed by atoms with Gasteiger partial charge in [0, 0.05) is 0 Å². The first kappa shape index (κ1) is 35.7. The van der Waals surface area contributed by atoms with Gasteiger partial charge in [-0.25, -0.2) is 0 Å². The maximum Gasteiger partial charge on any atom is -0.0351 e. The first-order chi connectivity index (χ1) is 17.9. The Morgan fingerprint density at radius 3 is 0.750 bits per heavy atom. The molecule has 0 heteroatoms. The zero-order valence-electron chi connectivity index (χ0n) is 25.7. The minimum absolute atomic E-state index is 1.31. The quantitative estimate of drug-likeness (QED) is 0.0632. The van der Waals surface area contributed by atoms with Gasteiger partial charge in [0.2, 0.25) is 0 Å².